The lowest BCUT2D eigenvalue weighted by molar-refractivity contribution is -0.115. The number of hydrogen-bond donors (Lipinski definition) is 3. The van der Waals surface area contributed by atoms with E-state index in [9.17, 15) is 14.0 Å². The van der Waals surface area contributed by atoms with Crippen molar-refractivity contribution in [1.82, 2.24) is 5.32 Å². The van der Waals surface area contributed by atoms with Gasteiger partial charge in [-0.3, -0.25) is 4.79 Å². The first-order valence-electron chi connectivity index (χ1n) is 5.46. The van der Waals surface area contributed by atoms with Crippen LogP contribution in [0.25, 0.3) is 0 Å². The molecule has 0 spiro atoms. The maximum absolute atomic E-state index is 13.3. The van der Waals surface area contributed by atoms with Crippen molar-refractivity contribution in [1.29, 1.82) is 0 Å². The molecule has 5 nitrogen and oxygen atoms in total. The van der Waals surface area contributed by atoms with Crippen LogP contribution in [-0.4, -0.2) is 29.6 Å². The van der Waals surface area contributed by atoms with Crippen molar-refractivity contribution < 1.29 is 19.1 Å². The van der Waals surface area contributed by atoms with Crippen molar-refractivity contribution in [3.8, 4) is 0 Å². The smallest absolute Gasteiger partial charge is 0.338 e. The highest BCUT2D eigenvalue weighted by atomic mass is 19.1. The van der Waals surface area contributed by atoms with E-state index in [4.69, 9.17) is 5.11 Å². The van der Waals surface area contributed by atoms with Gasteiger partial charge in [-0.15, -0.1) is 0 Å². The summed E-state index contributed by atoms with van der Waals surface area (Å²) in [5, 5.41) is 14.0. The Bertz CT molecular complexity index is 461. The standard InChI is InChI=1S/C12H15FN2O3/c1-7(2)14-6-11(16)15-8-3-4-9(12(17)18)10(13)5-8/h3-5,7,14H,6H2,1-2H3,(H,15,16)(H,17,18). The van der Waals surface area contributed by atoms with E-state index in [2.05, 4.69) is 10.6 Å². The number of halogens is 1. The molecule has 0 fully saturated rings. The van der Waals surface area contributed by atoms with E-state index in [0.29, 0.717) is 0 Å². The summed E-state index contributed by atoms with van der Waals surface area (Å²) in [7, 11) is 0. The molecule has 0 unspecified atom stereocenters. The molecule has 0 radical (unpaired) electrons. The van der Waals surface area contributed by atoms with Gasteiger partial charge >= 0.3 is 5.97 Å². The van der Waals surface area contributed by atoms with Crippen molar-refractivity contribution in [3.63, 3.8) is 0 Å². The largest absolute Gasteiger partial charge is 0.478 e. The molecule has 0 saturated heterocycles. The first-order chi connectivity index (χ1) is 8.40. The van der Waals surface area contributed by atoms with Gasteiger partial charge in [0.05, 0.1) is 12.1 Å². The molecule has 0 aliphatic heterocycles. The normalized spacial score (nSPS) is 10.4. The Kier molecular flexibility index (Phi) is 4.79. The monoisotopic (exact) mass is 254 g/mol. The van der Waals surface area contributed by atoms with Gasteiger partial charge in [0.15, 0.2) is 0 Å². The number of anilines is 1. The van der Waals surface area contributed by atoms with Crippen LogP contribution in [0.1, 0.15) is 24.2 Å². The van der Waals surface area contributed by atoms with Crippen molar-refractivity contribution >= 4 is 17.6 Å². The highest BCUT2D eigenvalue weighted by Crippen LogP contribution is 2.14. The Morgan fingerprint density at radius 2 is 2.06 bits per heavy atom. The summed E-state index contributed by atoms with van der Waals surface area (Å²) in [6, 6.07) is 3.61. The average molecular weight is 254 g/mol. The molecule has 6 heteroatoms. The molecular weight excluding hydrogens is 239 g/mol. The van der Waals surface area contributed by atoms with Gasteiger partial charge < -0.3 is 15.7 Å². The molecular formula is C12H15FN2O3. The van der Waals surface area contributed by atoms with Crippen LogP contribution in [0, 0.1) is 5.82 Å². The summed E-state index contributed by atoms with van der Waals surface area (Å²) in [6.07, 6.45) is 0. The van der Waals surface area contributed by atoms with E-state index in [1.807, 2.05) is 13.8 Å². The number of aromatic carboxylic acids is 1. The molecule has 1 amide bonds. The van der Waals surface area contributed by atoms with Crippen molar-refractivity contribution in [2.45, 2.75) is 19.9 Å². The molecule has 0 aromatic heterocycles. The zero-order chi connectivity index (χ0) is 13.7. The number of hydrogen-bond acceptors (Lipinski definition) is 3. The lowest BCUT2D eigenvalue weighted by Crippen LogP contribution is -2.32. The number of benzene rings is 1. The van der Waals surface area contributed by atoms with Crippen LogP contribution >= 0.6 is 0 Å². The third-order valence-corrected chi connectivity index (χ3v) is 2.15. The number of rotatable bonds is 5. The Hall–Kier alpha value is -1.95. The first kappa shape index (κ1) is 14.1. The van der Waals surface area contributed by atoms with Gasteiger partial charge in [0.25, 0.3) is 0 Å². The molecule has 1 aromatic carbocycles. The second-order valence-corrected chi connectivity index (χ2v) is 4.08. The predicted octanol–water partition coefficient (Wildman–Crippen LogP) is 1.46. The summed E-state index contributed by atoms with van der Waals surface area (Å²) in [5.74, 6) is -2.53. The molecule has 0 bridgehead atoms. The number of carbonyl (C=O) groups excluding carboxylic acids is 1. The second kappa shape index (κ2) is 6.11. The number of carboxylic acid groups (broad SMARTS) is 1. The molecule has 0 saturated carbocycles. The Labute approximate surface area is 104 Å². The van der Waals surface area contributed by atoms with E-state index in [-0.39, 0.29) is 24.2 Å². The van der Waals surface area contributed by atoms with Gasteiger partial charge in [-0.2, -0.15) is 0 Å². The van der Waals surface area contributed by atoms with Crippen LogP contribution in [-0.2, 0) is 4.79 Å². The maximum Gasteiger partial charge on any atom is 0.338 e. The van der Waals surface area contributed by atoms with Gasteiger partial charge in [-0.25, -0.2) is 9.18 Å². The van der Waals surface area contributed by atoms with Crippen LogP contribution < -0.4 is 10.6 Å². The molecule has 0 atom stereocenters. The minimum absolute atomic E-state index is 0.111. The van der Waals surface area contributed by atoms with E-state index < -0.39 is 17.3 Å². The zero-order valence-electron chi connectivity index (χ0n) is 10.2. The topological polar surface area (TPSA) is 78.4 Å². The Morgan fingerprint density at radius 3 is 2.56 bits per heavy atom. The van der Waals surface area contributed by atoms with Gasteiger partial charge in [0.2, 0.25) is 5.91 Å². The van der Waals surface area contributed by atoms with Crippen LogP contribution in [0.3, 0.4) is 0 Å². The Morgan fingerprint density at radius 1 is 1.39 bits per heavy atom. The summed E-state index contributed by atoms with van der Waals surface area (Å²) in [5.41, 5.74) is -0.193. The van der Waals surface area contributed by atoms with Crippen molar-refractivity contribution in [2.24, 2.45) is 0 Å². The molecule has 0 aliphatic rings. The highest BCUT2D eigenvalue weighted by Gasteiger charge is 2.11. The third-order valence-electron chi connectivity index (χ3n) is 2.15. The van der Waals surface area contributed by atoms with Gasteiger partial charge in [0.1, 0.15) is 5.82 Å². The molecule has 18 heavy (non-hydrogen) atoms. The minimum atomic E-state index is -1.34. The van der Waals surface area contributed by atoms with E-state index in [1.54, 1.807) is 0 Å². The Balaban J connectivity index is 2.66. The van der Waals surface area contributed by atoms with Crippen LogP contribution in [0.2, 0.25) is 0 Å². The van der Waals surface area contributed by atoms with E-state index >= 15 is 0 Å². The number of carboxylic acids is 1. The molecule has 3 N–H and O–H groups in total. The third kappa shape index (κ3) is 4.14. The second-order valence-electron chi connectivity index (χ2n) is 4.08. The van der Waals surface area contributed by atoms with Gasteiger partial charge in [-0.05, 0) is 18.2 Å². The van der Waals surface area contributed by atoms with E-state index in [1.165, 1.54) is 6.07 Å². The van der Waals surface area contributed by atoms with Gasteiger partial charge in [0, 0.05) is 11.7 Å². The van der Waals surface area contributed by atoms with E-state index in [0.717, 1.165) is 12.1 Å². The zero-order valence-corrected chi connectivity index (χ0v) is 10.2. The predicted molar refractivity (Wildman–Crippen MR) is 65.1 cm³/mol. The first-order valence-corrected chi connectivity index (χ1v) is 5.46. The summed E-state index contributed by atoms with van der Waals surface area (Å²) in [4.78, 5) is 22.0. The number of carbonyl (C=O) groups is 2. The van der Waals surface area contributed by atoms with Crippen LogP contribution in [0.5, 0.6) is 0 Å². The lowest BCUT2D eigenvalue weighted by atomic mass is 10.2. The SMILES string of the molecule is CC(C)NCC(=O)Nc1ccc(C(=O)O)c(F)c1. The van der Waals surface area contributed by atoms with Gasteiger partial charge in [-0.1, -0.05) is 13.8 Å². The number of amides is 1. The lowest BCUT2D eigenvalue weighted by Gasteiger charge is -2.09. The summed E-state index contributed by atoms with van der Waals surface area (Å²) in [6.45, 7) is 3.91. The molecule has 1 aromatic rings. The minimum Gasteiger partial charge on any atom is -0.478 e. The summed E-state index contributed by atoms with van der Waals surface area (Å²) >= 11 is 0. The quantitative estimate of drug-likeness (QED) is 0.743. The van der Waals surface area contributed by atoms with Crippen LogP contribution in [0.15, 0.2) is 18.2 Å². The fourth-order valence-electron chi connectivity index (χ4n) is 1.27. The molecule has 0 heterocycles. The molecule has 98 valence electrons. The average Bonchev–Trinajstić information content (AvgIpc) is 2.26. The fraction of sp³-hybridized carbons (Fsp3) is 0.333. The maximum atomic E-state index is 13.3. The fourth-order valence-corrected chi connectivity index (χ4v) is 1.27. The van der Waals surface area contributed by atoms with Crippen molar-refractivity contribution in [3.05, 3.63) is 29.6 Å². The van der Waals surface area contributed by atoms with Crippen molar-refractivity contribution in [2.75, 3.05) is 11.9 Å². The summed E-state index contributed by atoms with van der Waals surface area (Å²) < 4.78 is 13.3. The highest BCUT2D eigenvalue weighted by molar-refractivity contribution is 5.93. The van der Waals surface area contributed by atoms with Crippen LogP contribution in [0.4, 0.5) is 10.1 Å². The molecule has 1 rings (SSSR count). The molecule has 0 aliphatic carbocycles. The number of nitrogens with one attached hydrogen (secondary N) is 2.